The number of aromatic nitrogens is 2. The Hall–Kier alpha value is -2.94. The summed E-state index contributed by atoms with van der Waals surface area (Å²) in [6.45, 7) is 3.71. The number of rotatable bonds is 3. The summed E-state index contributed by atoms with van der Waals surface area (Å²) >= 11 is 0. The highest BCUT2D eigenvalue weighted by Crippen LogP contribution is 2.51. The minimum Gasteiger partial charge on any atom is -0.454 e. The van der Waals surface area contributed by atoms with Crippen molar-refractivity contribution in [3.63, 3.8) is 0 Å². The molecule has 2 aliphatic carbocycles. The van der Waals surface area contributed by atoms with Crippen molar-refractivity contribution < 1.29 is 24.1 Å². The molecular weight excluding hydrogens is 460 g/mol. The van der Waals surface area contributed by atoms with E-state index in [0.717, 1.165) is 46.4 Å². The summed E-state index contributed by atoms with van der Waals surface area (Å²) in [5.41, 5.74) is 5.08. The van der Waals surface area contributed by atoms with Gasteiger partial charge < -0.3 is 28.6 Å². The first-order valence-corrected chi connectivity index (χ1v) is 13.1. The lowest BCUT2D eigenvalue weighted by atomic mass is 9.76. The second-order valence-corrected chi connectivity index (χ2v) is 10.7. The van der Waals surface area contributed by atoms with Crippen LogP contribution < -0.4 is 15.0 Å². The van der Waals surface area contributed by atoms with Gasteiger partial charge in [0.1, 0.15) is 0 Å². The quantitative estimate of drug-likeness (QED) is 0.471. The highest BCUT2D eigenvalue weighted by Gasteiger charge is 2.51. The molecule has 0 spiro atoms. The number of hydrogen-bond acceptors (Lipinski definition) is 7. The lowest BCUT2D eigenvalue weighted by Crippen LogP contribution is -2.39. The molecular formula is C28H28N2O6. The molecule has 2 aromatic heterocycles. The van der Waals surface area contributed by atoms with Crippen LogP contribution in [0.15, 0.2) is 23.0 Å². The number of pyridine rings is 2. The van der Waals surface area contributed by atoms with Gasteiger partial charge >= 0.3 is 0 Å². The molecule has 5 heterocycles. The van der Waals surface area contributed by atoms with Gasteiger partial charge in [-0.3, -0.25) is 4.79 Å². The van der Waals surface area contributed by atoms with Crippen LogP contribution >= 0.6 is 0 Å². The molecule has 3 aromatic rings. The molecule has 8 heteroatoms. The molecule has 186 valence electrons. The molecule has 1 aromatic carbocycles. The Balaban J connectivity index is 1.34. The van der Waals surface area contributed by atoms with Crippen LogP contribution in [-0.2, 0) is 28.0 Å². The van der Waals surface area contributed by atoms with E-state index in [1.54, 1.807) is 0 Å². The molecule has 36 heavy (non-hydrogen) atoms. The van der Waals surface area contributed by atoms with E-state index in [-0.39, 0.29) is 18.3 Å². The van der Waals surface area contributed by atoms with Crippen LogP contribution in [0, 0.1) is 5.92 Å². The number of fused-ring (bicyclic) bond motifs is 6. The van der Waals surface area contributed by atoms with Gasteiger partial charge in [-0.2, -0.15) is 0 Å². The van der Waals surface area contributed by atoms with Gasteiger partial charge in [0.05, 0.1) is 42.3 Å². The molecule has 1 saturated heterocycles. The number of ether oxygens (including phenoxy) is 4. The fourth-order valence-electron chi connectivity index (χ4n) is 7.01. The van der Waals surface area contributed by atoms with Gasteiger partial charge in [-0.1, -0.05) is 13.3 Å². The average molecular weight is 489 g/mol. The smallest absolute Gasteiger partial charge is 0.254 e. The van der Waals surface area contributed by atoms with Crippen LogP contribution in [0.25, 0.3) is 22.3 Å². The minimum atomic E-state index is -1.18. The fourth-order valence-corrected chi connectivity index (χ4v) is 7.01. The first kappa shape index (κ1) is 21.2. The standard InChI is InChI=1S/C28H28N2O6/c1-2-28(32)18-10-21-25-17(12-30(21)26(31)15(18)8-19(28)27-33-6-7-34-27)24(14-4-3-5-14)16-9-22-23(36-13-35-22)11-20(16)29-25/h9-11,14,19,27,32H,2-8,12-13H2,1H3. The van der Waals surface area contributed by atoms with Crippen molar-refractivity contribution in [2.24, 2.45) is 5.92 Å². The molecule has 0 bridgehead atoms. The molecule has 1 saturated carbocycles. The minimum absolute atomic E-state index is 0.0364. The number of aliphatic hydroxyl groups is 1. The molecule has 8 rings (SSSR count). The van der Waals surface area contributed by atoms with Gasteiger partial charge in [0.25, 0.3) is 5.56 Å². The van der Waals surface area contributed by atoms with Gasteiger partial charge in [0, 0.05) is 28.5 Å². The predicted octanol–water partition coefficient (Wildman–Crippen LogP) is 3.56. The lowest BCUT2D eigenvalue weighted by molar-refractivity contribution is -0.152. The van der Waals surface area contributed by atoms with E-state index in [4.69, 9.17) is 23.9 Å². The van der Waals surface area contributed by atoms with Gasteiger partial charge in [-0.25, -0.2) is 4.98 Å². The van der Waals surface area contributed by atoms with Crippen molar-refractivity contribution in [3.8, 4) is 22.9 Å². The summed E-state index contributed by atoms with van der Waals surface area (Å²) < 4.78 is 24.7. The topological polar surface area (TPSA) is 92.0 Å². The highest BCUT2D eigenvalue weighted by molar-refractivity contribution is 5.91. The summed E-state index contributed by atoms with van der Waals surface area (Å²) in [6, 6.07) is 6.03. The third-order valence-electron chi connectivity index (χ3n) is 9.12. The second kappa shape index (κ2) is 7.31. The maximum atomic E-state index is 13.9. The molecule has 3 aliphatic heterocycles. The summed E-state index contributed by atoms with van der Waals surface area (Å²) in [4.78, 5) is 19.0. The van der Waals surface area contributed by atoms with E-state index in [1.807, 2.05) is 23.6 Å². The van der Waals surface area contributed by atoms with Gasteiger partial charge in [0.2, 0.25) is 6.79 Å². The van der Waals surface area contributed by atoms with Crippen LogP contribution in [0.4, 0.5) is 0 Å². The van der Waals surface area contributed by atoms with E-state index in [9.17, 15) is 9.90 Å². The zero-order chi connectivity index (χ0) is 24.2. The zero-order valence-electron chi connectivity index (χ0n) is 20.2. The Bertz CT molecular complexity index is 1500. The lowest BCUT2D eigenvalue weighted by Gasteiger charge is -2.32. The summed E-state index contributed by atoms with van der Waals surface area (Å²) in [5.74, 6) is 1.62. The molecule has 2 atom stereocenters. The molecule has 2 unspecified atom stereocenters. The van der Waals surface area contributed by atoms with Gasteiger partial charge in [-0.15, -0.1) is 0 Å². The summed E-state index contributed by atoms with van der Waals surface area (Å²) in [6.07, 6.45) is 3.93. The first-order valence-electron chi connectivity index (χ1n) is 13.1. The molecule has 5 aliphatic rings. The Morgan fingerprint density at radius 3 is 2.61 bits per heavy atom. The van der Waals surface area contributed by atoms with Crippen LogP contribution in [-0.4, -0.2) is 41.0 Å². The third-order valence-corrected chi connectivity index (χ3v) is 9.12. The van der Waals surface area contributed by atoms with Gasteiger partial charge in [-0.05, 0) is 54.9 Å². The summed E-state index contributed by atoms with van der Waals surface area (Å²) in [7, 11) is 0. The van der Waals surface area contributed by atoms with Crippen LogP contribution in [0.3, 0.4) is 0 Å². The van der Waals surface area contributed by atoms with E-state index < -0.39 is 11.9 Å². The fraction of sp³-hybridized carbons (Fsp3) is 0.500. The van der Waals surface area contributed by atoms with Crippen LogP contribution in [0.5, 0.6) is 11.5 Å². The second-order valence-electron chi connectivity index (χ2n) is 10.7. The van der Waals surface area contributed by atoms with Crippen molar-refractivity contribution in [2.75, 3.05) is 20.0 Å². The molecule has 0 amide bonds. The van der Waals surface area contributed by atoms with E-state index in [2.05, 4.69) is 6.07 Å². The Morgan fingerprint density at radius 2 is 1.89 bits per heavy atom. The van der Waals surface area contributed by atoms with Crippen molar-refractivity contribution >= 4 is 10.9 Å². The predicted molar refractivity (Wildman–Crippen MR) is 130 cm³/mol. The Morgan fingerprint density at radius 1 is 1.11 bits per heavy atom. The van der Waals surface area contributed by atoms with E-state index >= 15 is 0 Å². The van der Waals surface area contributed by atoms with Crippen LogP contribution in [0.1, 0.15) is 60.8 Å². The van der Waals surface area contributed by atoms with Crippen molar-refractivity contribution in [2.45, 2.75) is 63.4 Å². The monoisotopic (exact) mass is 488 g/mol. The SMILES string of the molecule is CCC1(O)c2cc3n(c(=O)c2CC1C1OCCO1)Cc1c-3nc2cc3c(cc2c1C1CCC1)OCO3. The molecule has 1 N–H and O–H groups in total. The number of hydrogen-bond donors (Lipinski definition) is 1. The summed E-state index contributed by atoms with van der Waals surface area (Å²) in [5, 5.41) is 13.0. The maximum absolute atomic E-state index is 13.9. The van der Waals surface area contributed by atoms with E-state index in [0.29, 0.717) is 55.4 Å². The highest BCUT2D eigenvalue weighted by atomic mass is 16.7. The first-order chi connectivity index (χ1) is 17.6. The average Bonchev–Trinajstić information content (AvgIpc) is 3.63. The van der Waals surface area contributed by atoms with E-state index in [1.165, 1.54) is 12.0 Å². The third kappa shape index (κ3) is 2.64. The Labute approximate surface area is 207 Å². The molecule has 2 fully saturated rings. The number of benzene rings is 1. The van der Waals surface area contributed by atoms with Crippen molar-refractivity contribution in [1.29, 1.82) is 0 Å². The van der Waals surface area contributed by atoms with Gasteiger partial charge in [0.15, 0.2) is 17.8 Å². The zero-order valence-corrected chi connectivity index (χ0v) is 20.2. The van der Waals surface area contributed by atoms with Crippen LogP contribution in [0.2, 0.25) is 0 Å². The molecule has 0 radical (unpaired) electrons. The van der Waals surface area contributed by atoms with Crippen molar-refractivity contribution in [3.05, 3.63) is 50.8 Å². The molecule has 8 nitrogen and oxygen atoms in total. The Kier molecular flexibility index (Phi) is 4.30. The largest absolute Gasteiger partial charge is 0.454 e. The maximum Gasteiger partial charge on any atom is 0.254 e. The number of nitrogens with zero attached hydrogens (tertiary/aromatic N) is 2. The normalized spacial score (nSPS) is 26.3. The van der Waals surface area contributed by atoms with Crippen molar-refractivity contribution in [1.82, 2.24) is 9.55 Å².